The fourth-order valence-corrected chi connectivity index (χ4v) is 2.63. The molecular weight excluding hydrogens is 317 g/mol. The van der Waals surface area contributed by atoms with E-state index < -0.39 is 0 Å². The molecule has 3 rings (SSSR count). The molecule has 2 aromatic rings. The maximum atomic E-state index is 12.1. The standard InChI is InChI=1S/C17H18BN5O2/c18-14-7-11(16-10-20-5-6-25-16)1-4-15(14)23-17(24)22-13-3-2-12(8-19)21-9-13/h1-4,7,9,16,20H,5-6,10,18H2,(H2,22,23,24)/t16-/m0/s1. The van der Waals surface area contributed by atoms with Crippen molar-refractivity contribution < 1.29 is 9.53 Å². The SMILES string of the molecule is Bc1cc([C@@H]2CNCCO2)ccc1NC(=O)Nc1ccc(C#N)nc1. The Bertz CT molecular complexity index is 798. The number of nitrogens with one attached hydrogen (secondary N) is 3. The second kappa shape index (κ2) is 7.79. The molecule has 1 atom stereocenters. The number of benzene rings is 1. The number of nitriles is 1. The minimum atomic E-state index is -0.363. The molecule has 0 radical (unpaired) electrons. The molecule has 126 valence electrons. The summed E-state index contributed by atoms with van der Waals surface area (Å²) in [7, 11) is 1.94. The number of ether oxygens (including phenoxy) is 1. The van der Waals surface area contributed by atoms with Gasteiger partial charge in [0, 0.05) is 18.8 Å². The fraction of sp³-hybridized carbons (Fsp3) is 0.235. The Hall–Kier alpha value is -2.89. The van der Waals surface area contributed by atoms with E-state index in [0.717, 1.165) is 29.8 Å². The quantitative estimate of drug-likeness (QED) is 0.710. The molecule has 1 fully saturated rings. The summed E-state index contributed by atoms with van der Waals surface area (Å²) in [6.07, 6.45) is 1.49. The minimum Gasteiger partial charge on any atom is -0.371 e. The second-order valence-electron chi connectivity index (χ2n) is 5.76. The summed E-state index contributed by atoms with van der Waals surface area (Å²) in [5.41, 5.74) is 3.60. The van der Waals surface area contributed by atoms with Gasteiger partial charge in [-0.15, -0.1) is 0 Å². The molecule has 25 heavy (non-hydrogen) atoms. The molecule has 1 aromatic carbocycles. The predicted molar refractivity (Wildman–Crippen MR) is 97.8 cm³/mol. The van der Waals surface area contributed by atoms with Crippen LogP contribution in [-0.2, 0) is 4.74 Å². The number of urea groups is 1. The molecule has 1 aromatic heterocycles. The summed E-state index contributed by atoms with van der Waals surface area (Å²) < 4.78 is 5.75. The van der Waals surface area contributed by atoms with Gasteiger partial charge in [0.25, 0.3) is 0 Å². The number of aromatic nitrogens is 1. The zero-order valence-electron chi connectivity index (χ0n) is 13.9. The molecule has 2 heterocycles. The molecule has 0 unspecified atom stereocenters. The lowest BCUT2D eigenvalue weighted by Crippen LogP contribution is -2.33. The van der Waals surface area contributed by atoms with Crippen LogP contribution in [0.1, 0.15) is 17.4 Å². The Morgan fingerprint density at radius 3 is 2.88 bits per heavy atom. The third-order valence-corrected chi connectivity index (χ3v) is 3.93. The maximum absolute atomic E-state index is 12.1. The molecule has 2 amide bonds. The first-order valence-corrected chi connectivity index (χ1v) is 8.03. The first-order chi connectivity index (χ1) is 12.2. The van der Waals surface area contributed by atoms with E-state index in [1.54, 1.807) is 12.1 Å². The van der Waals surface area contributed by atoms with Crippen LogP contribution >= 0.6 is 0 Å². The van der Waals surface area contributed by atoms with Crippen LogP contribution in [0.2, 0.25) is 0 Å². The van der Waals surface area contributed by atoms with Crippen molar-refractivity contribution in [2.75, 3.05) is 30.3 Å². The molecule has 1 aliphatic rings. The van der Waals surface area contributed by atoms with Gasteiger partial charge in [0.05, 0.1) is 24.6 Å². The summed E-state index contributed by atoms with van der Waals surface area (Å²) in [6.45, 7) is 2.36. The van der Waals surface area contributed by atoms with E-state index in [0.29, 0.717) is 18.0 Å². The van der Waals surface area contributed by atoms with Gasteiger partial charge in [-0.3, -0.25) is 0 Å². The van der Waals surface area contributed by atoms with E-state index >= 15 is 0 Å². The van der Waals surface area contributed by atoms with Crippen LogP contribution in [0.5, 0.6) is 0 Å². The fourth-order valence-electron chi connectivity index (χ4n) is 2.63. The van der Waals surface area contributed by atoms with Crippen LogP contribution < -0.4 is 21.4 Å². The third-order valence-electron chi connectivity index (χ3n) is 3.93. The lowest BCUT2D eigenvalue weighted by atomic mass is 9.90. The van der Waals surface area contributed by atoms with E-state index in [-0.39, 0.29) is 12.1 Å². The topological polar surface area (TPSA) is 99.1 Å². The molecule has 0 aliphatic carbocycles. The zero-order valence-corrected chi connectivity index (χ0v) is 13.9. The summed E-state index contributed by atoms with van der Waals surface area (Å²) >= 11 is 0. The molecule has 0 spiro atoms. The van der Waals surface area contributed by atoms with Gasteiger partial charge in [0.1, 0.15) is 19.6 Å². The highest BCUT2D eigenvalue weighted by Crippen LogP contribution is 2.19. The van der Waals surface area contributed by atoms with Crippen molar-refractivity contribution in [2.45, 2.75) is 6.10 Å². The zero-order chi connectivity index (χ0) is 17.6. The van der Waals surface area contributed by atoms with Crippen LogP contribution in [0.3, 0.4) is 0 Å². The van der Waals surface area contributed by atoms with Crippen molar-refractivity contribution in [3.05, 3.63) is 47.8 Å². The number of amides is 2. The van der Waals surface area contributed by atoms with Gasteiger partial charge in [-0.1, -0.05) is 17.6 Å². The molecular formula is C17H18BN5O2. The van der Waals surface area contributed by atoms with Gasteiger partial charge in [-0.2, -0.15) is 5.26 Å². The van der Waals surface area contributed by atoms with Gasteiger partial charge in [-0.25, -0.2) is 9.78 Å². The number of anilines is 2. The molecule has 0 bridgehead atoms. The second-order valence-corrected chi connectivity index (χ2v) is 5.76. The molecule has 7 nitrogen and oxygen atoms in total. The Labute approximate surface area is 146 Å². The third kappa shape index (κ3) is 4.35. The monoisotopic (exact) mass is 335 g/mol. The predicted octanol–water partition coefficient (Wildman–Crippen LogP) is 0.517. The highest BCUT2D eigenvalue weighted by molar-refractivity contribution is 6.36. The van der Waals surface area contributed by atoms with E-state index in [1.807, 2.05) is 32.1 Å². The highest BCUT2D eigenvalue weighted by atomic mass is 16.5. The lowest BCUT2D eigenvalue weighted by molar-refractivity contribution is 0.0277. The first-order valence-electron chi connectivity index (χ1n) is 8.03. The number of nitrogens with zero attached hydrogens (tertiary/aromatic N) is 2. The van der Waals surface area contributed by atoms with Crippen molar-refractivity contribution >= 4 is 30.7 Å². The summed E-state index contributed by atoms with van der Waals surface area (Å²) in [5, 5.41) is 17.5. The van der Waals surface area contributed by atoms with E-state index in [2.05, 4.69) is 20.9 Å². The summed E-state index contributed by atoms with van der Waals surface area (Å²) in [6, 6.07) is 10.6. The first kappa shape index (κ1) is 17.0. The molecule has 0 saturated carbocycles. The van der Waals surface area contributed by atoms with Crippen molar-refractivity contribution in [2.24, 2.45) is 0 Å². The van der Waals surface area contributed by atoms with Crippen molar-refractivity contribution in [1.29, 1.82) is 5.26 Å². The average Bonchev–Trinajstić information content (AvgIpc) is 2.65. The molecule has 3 N–H and O–H groups in total. The highest BCUT2D eigenvalue weighted by Gasteiger charge is 2.16. The van der Waals surface area contributed by atoms with Crippen LogP contribution in [0.4, 0.5) is 16.2 Å². The smallest absolute Gasteiger partial charge is 0.323 e. The largest absolute Gasteiger partial charge is 0.371 e. The van der Waals surface area contributed by atoms with Crippen LogP contribution in [0, 0.1) is 11.3 Å². The molecule has 1 aliphatic heterocycles. The maximum Gasteiger partial charge on any atom is 0.323 e. The molecule has 8 heteroatoms. The van der Waals surface area contributed by atoms with Crippen LogP contribution in [0.15, 0.2) is 36.5 Å². The molecule has 1 saturated heterocycles. The lowest BCUT2D eigenvalue weighted by Gasteiger charge is -2.24. The van der Waals surface area contributed by atoms with E-state index in [1.165, 1.54) is 6.20 Å². The van der Waals surface area contributed by atoms with Gasteiger partial charge in [-0.05, 0) is 23.8 Å². The number of hydrogen-bond acceptors (Lipinski definition) is 5. The number of pyridine rings is 1. The minimum absolute atomic E-state index is 0.0417. The Morgan fingerprint density at radius 1 is 1.36 bits per heavy atom. The number of hydrogen-bond donors (Lipinski definition) is 3. The van der Waals surface area contributed by atoms with Gasteiger partial charge >= 0.3 is 6.03 Å². The summed E-state index contributed by atoms with van der Waals surface area (Å²) in [5.74, 6) is 0. The van der Waals surface area contributed by atoms with Gasteiger partial charge in [0.15, 0.2) is 0 Å². The van der Waals surface area contributed by atoms with Crippen LogP contribution in [-0.4, -0.2) is 38.6 Å². The van der Waals surface area contributed by atoms with E-state index in [4.69, 9.17) is 10.00 Å². The summed E-state index contributed by atoms with van der Waals surface area (Å²) in [4.78, 5) is 16.0. The van der Waals surface area contributed by atoms with Crippen molar-refractivity contribution in [3.8, 4) is 6.07 Å². The Morgan fingerprint density at radius 2 is 2.24 bits per heavy atom. The number of rotatable bonds is 3. The van der Waals surface area contributed by atoms with Crippen molar-refractivity contribution in [3.63, 3.8) is 0 Å². The van der Waals surface area contributed by atoms with Crippen LogP contribution in [0.25, 0.3) is 0 Å². The van der Waals surface area contributed by atoms with Crippen molar-refractivity contribution in [1.82, 2.24) is 10.3 Å². The van der Waals surface area contributed by atoms with Gasteiger partial charge in [0.2, 0.25) is 0 Å². The Kier molecular flexibility index (Phi) is 5.28. The normalized spacial score (nSPS) is 16.7. The average molecular weight is 335 g/mol. The number of carbonyl (C=O) groups is 1. The van der Waals surface area contributed by atoms with E-state index in [9.17, 15) is 4.79 Å². The Balaban J connectivity index is 1.63. The number of carbonyl (C=O) groups excluding carboxylic acids is 1. The van der Waals surface area contributed by atoms with Gasteiger partial charge < -0.3 is 20.7 Å². The number of morpholine rings is 1.